The summed E-state index contributed by atoms with van der Waals surface area (Å²) in [5.41, 5.74) is 1.86. The maximum Gasteiger partial charge on any atom is 0.133 e. The zero-order chi connectivity index (χ0) is 16.7. The van der Waals surface area contributed by atoms with Crippen LogP contribution in [-0.2, 0) is 9.53 Å². The molecule has 24 heavy (non-hydrogen) atoms. The van der Waals surface area contributed by atoms with Crippen LogP contribution in [-0.4, -0.2) is 29.7 Å². The van der Waals surface area contributed by atoms with Crippen molar-refractivity contribution in [2.24, 2.45) is 34.5 Å². The molecule has 1 heterocycles. The summed E-state index contributed by atoms with van der Waals surface area (Å²) < 4.78 is 6.43. The number of hydrogen-bond donors (Lipinski definition) is 1. The SMILES string of the molecule is CC(=O)[C@H]1CC[C@H]2[C@@H]3CCC4=CC(O)CC[C@@]45COC(C[C@]12C)[C@@H]35. The van der Waals surface area contributed by atoms with Gasteiger partial charge in [-0.1, -0.05) is 18.6 Å². The van der Waals surface area contributed by atoms with Crippen LogP contribution in [0.4, 0.5) is 0 Å². The number of aliphatic hydroxyl groups excluding tert-OH is 1. The van der Waals surface area contributed by atoms with Crippen LogP contribution in [0.25, 0.3) is 0 Å². The predicted octanol–water partition coefficient (Wildman–Crippen LogP) is 3.50. The lowest BCUT2D eigenvalue weighted by Crippen LogP contribution is -2.54. The highest BCUT2D eigenvalue weighted by Gasteiger charge is 2.66. The van der Waals surface area contributed by atoms with E-state index in [-0.39, 0.29) is 22.9 Å². The van der Waals surface area contributed by atoms with Gasteiger partial charge in [0.05, 0.1) is 18.8 Å². The standard InChI is InChI=1S/C21H30O3/c1-12(22)16-5-6-17-15-4-3-13-9-14(23)7-8-21(13)11-24-18(19(15)21)10-20(16,17)2/h9,14-19,23H,3-8,10-11H2,1-2H3/t14?,15-,16+,17-,18?,19+,20+,21+/m0/s1. The number of carbonyl (C=O) groups is 1. The van der Waals surface area contributed by atoms with Crippen molar-refractivity contribution in [2.75, 3.05) is 6.61 Å². The van der Waals surface area contributed by atoms with E-state index in [0.717, 1.165) is 38.7 Å². The summed E-state index contributed by atoms with van der Waals surface area (Å²) in [7, 11) is 0. The Kier molecular flexibility index (Phi) is 3.21. The minimum absolute atomic E-state index is 0.151. The Balaban J connectivity index is 1.55. The molecular formula is C21H30O3. The molecule has 0 radical (unpaired) electrons. The first-order valence-electron chi connectivity index (χ1n) is 9.97. The van der Waals surface area contributed by atoms with Crippen molar-refractivity contribution in [3.8, 4) is 0 Å². The average Bonchev–Trinajstić information content (AvgIpc) is 3.07. The van der Waals surface area contributed by atoms with Crippen molar-refractivity contribution in [1.82, 2.24) is 0 Å². The molecule has 0 bridgehead atoms. The average molecular weight is 330 g/mol. The van der Waals surface area contributed by atoms with Crippen molar-refractivity contribution in [3.05, 3.63) is 11.6 Å². The second kappa shape index (κ2) is 4.94. The van der Waals surface area contributed by atoms with E-state index in [9.17, 15) is 9.90 Å². The third-order valence-electron chi connectivity index (χ3n) is 8.78. The molecule has 4 aliphatic carbocycles. The molecular weight excluding hydrogens is 300 g/mol. The van der Waals surface area contributed by atoms with Gasteiger partial charge in [-0.15, -0.1) is 0 Å². The minimum atomic E-state index is -0.247. The van der Waals surface area contributed by atoms with Crippen LogP contribution in [0.15, 0.2) is 11.6 Å². The third-order valence-corrected chi connectivity index (χ3v) is 8.78. The van der Waals surface area contributed by atoms with Gasteiger partial charge in [0.25, 0.3) is 0 Å². The van der Waals surface area contributed by atoms with Gasteiger partial charge >= 0.3 is 0 Å². The number of carbonyl (C=O) groups excluding carboxylic acids is 1. The van der Waals surface area contributed by atoms with Gasteiger partial charge in [0.1, 0.15) is 5.78 Å². The molecule has 1 N–H and O–H groups in total. The van der Waals surface area contributed by atoms with Gasteiger partial charge in [0.2, 0.25) is 0 Å². The summed E-state index contributed by atoms with van der Waals surface area (Å²) in [5.74, 6) is 2.68. The highest BCUT2D eigenvalue weighted by molar-refractivity contribution is 5.79. The van der Waals surface area contributed by atoms with Crippen LogP contribution < -0.4 is 0 Å². The van der Waals surface area contributed by atoms with Crippen molar-refractivity contribution >= 4 is 5.78 Å². The molecule has 8 atom stereocenters. The number of rotatable bonds is 1. The van der Waals surface area contributed by atoms with E-state index < -0.39 is 0 Å². The lowest BCUT2D eigenvalue weighted by molar-refractivity contribution is -0.130. The van der Waals surface area contributed by atoms with E-state index in [1.165, 1.54) is 18.4 Å². The molecule has 2 unspecified atom stereocenters. The highest BCUT2D eigenvalue weighted by atomic mass is 16.5. The second-order valence-electron chi connectivity index (χ2n) is 9.59. The van der Waals surface area contributed by atoms with Crippen LogP contribution in [0, 0.1) is 34.5 Å². The molecule has 3 saturated carbocycles. The maximum atomic E-state index is 12.3. The van der Waals surface area contributed by atoms with Gasteiger partial charge < -0.3 is 9.84 Å². The Morgan fingerprint density at radius 2 is 2.12 bits per heavy atom. The first-order valence-corrected chi connectivity index (χ1v) is 9.97. The number of aliphatic hydroxyl groups is 1. The van der Waals surface area contributed by atoms with E-state index in [2.05, 4.69) is 13.0 Å². The normalized spacial score (nSPS) is 55.4. The summed E-state index contributed by atoms with van der Waals surface area (Å²) in [5, 5.41) is 10.1. The summed E-state index contributed by atoms with van der Waals surface area (Å²) >= 11 is 0. The van der Waals surface area contributed by atoms with Crippen LogP contribution in [0.1, 0.15) is 58.8 Å². The van der Waals surface area contributed by atoms with Crippen LogP contribution >= 0.6 is 0 Å². The lowest BCUT2D eigenvalue weighted by atomic mass is 9.46. The fraction of sp³-hybridized carbons (Fsp3) is 0.857. The maximum absolute atomic E-state index is 12.3. The van der Waals surface area contributed by atoms with E-state index in [0.29, 0.717) is 29.6 Å². The first kappa shape index (κ1) is 15.6. The van der Waals surface area contributed by atoms with Gasteiger partial charge in [-0.25, -0.2) is 0 Å². The Morgan fingerprint density at radius 1 is 1.29 bits per heavy atom. The molecule has 4 fully saturated rings. The van der Waals surface area contributed by atoms with E-state index in [1.54, 1.807) is 6.92 Å². The number of ether oxygens (including phenoxy) is 1. The van der Waals surface area contributed by atoms with E-state index in [4.69, 9.17) is 4.74 Å². The van der Waals surface area contributed by atoms with E-state index >= 15 is 0 Å². The zero-order valence-electron chi connectivity index (χ0n) is 15.0. The van der Waals surface area contributed by atoms with Gasteiger partial charge in [-0.05, 0) is 75.0 Å². The quantitative estimate of drug-likeness (QED) is 0.749. The van der Waals surface area contributed by atoms with Crippen molar-refractivity contribution in [3.63, 3.8) is 0 Å². The number of Topliss-reactive ketones (excluding diaryl/α,β-unsaturated/α-hetero) is 1. The summed E-state index contributed by atoms with van der Waals surface area (Å²) in [6, 6.07) is 0. The molecule has 1 saturated heterocycles. The van der Waals surface area contributed by atoms with Crippen molar-refractivity contribution in [1.29, 1.82) is 0 Å². The molecule has 1 aliphatic heterocycles. The molecule has 3 nitrogen and oxygen atoms in total. The number of fused-ring (bicyclic) bond motifs is 2. The molecule has 0 amide bonds. The molecule has 5 aliphatic rings. The molecule has 5 rings (SSSR count). The molecule has 0 aromatic carbocycles. The van der Waals surface area contributed by atoms with Crippen LogP contribution in [0.5, 0.6) is 0 Å². The largest absolute Gasteiger partial charge is 0.389 e. The van der Waals surface area contributed by atoms with Gasteiger partial charge in [-0.2, -0.15) is 0 Å². The Hall–Kier alpha value is -0.670. The molecule has 3 heteroatoms. The van der Waals surface area contributed by atoms with Crippen molar-refractivity contribution < 1.29 is 14.6 Å². The smallest absolute Gasteiger partial charge is 0.133 e. The summed E-state index contributed by atoms with van der Waals surface area (Å²) in [6.45, 7) is 5.04. The third kappa shape index (κ3) is 1.78. The minimum Gasteiger partial charge on any atom is -0.389 e. The molecule has 132 valence electrons. The monoisotopic (exact) mass is 330 g/mol. The molecule has 0 aromatic rings. The van der Waals surface area contributed by atoms with Gasteiger partial charge in [-0.3, -0.25) is 4.79 Å². The topological polar surface area (TPSA) is 46.5 Å². The van der Waals surface area contributed by atoms with Crippen LogP contribution in [0.2, 0.25) is 0 Å². The molecule has 0 aromatic heterocycles. The van der Waals surface area contributed by atoms with E-state index in [1.807, 2.05) is 0 Å². The molecule has 1 spiro atoms. The first-order chi connectivity index (χ1) is 11.5. The fourth-order valence-electron chi connectivity index (χ4n) is 7.92. The Bertz CT molecular complexity index is 610. The van der Waals surface area contributed by atoms with Gasteiger partial charge in [0.15, 0.2) is 0 Å². The highest BCUT2D eigenvalue weighted by Crippen LogP contribution is 2.69. The Labute approximate surface area is 144 Å². The number of ketones is 1. The van der Waals surface area contributed by atoms with Crippen molar-refractivity contribution in [2.45, 2.75) is 71.0 Å². The second-order valence-corrected chi connectivity index (χ2v) is 9.59. The van der Waals surface area contributed by atoms with Gasteiger partial charge in [0, 0.05) is 11.3 Å². The van der Waals surface area contributed by atoms with Crippen LogP contribution in [0.3, 0.4) is 0 Å². The summed E-state index contributed by atoms with van der Waals surface area (Å²) in [4.78, 5) is 12.3. The predicted molar refractivity (Wildman–Crippen MR) is 91.3 cm³/mol. The number of hydrogen-bond acceptors (Lipinski definition) is 3. The fourth-order valence-corrected chi connectivity index (χ4v) is 7.92. The summed E-state index contributed by atoms with van der Waals surface area (Å²) in [6.07, 6.45) is 9.97. The Morgan fingerprint density at radius 3 is 2.92 bits per heavy atom. The lowest BCUT2D eigenvalue weighted by Gasteiger charge is -2.57. The zero-order valence-corrected chi connectivity index (χ0v) is 15.0.